The van der Waals surface area contributed by atoms with Crippen LogP contribution in [0.4, 0.5) is 0 Å². The van der Waals surface area contributed by atoms with E-state index in [9.17, 15) is 19.8 Å². The summed E-state index contributed by atoms with van der Waals surface area (Å²) < 4.78 is 18.3. The highest BCUT2D eigenvalue weighted by Gasteiger charge is 2.32. The SMILES string of the molecule is O=c1oc2ccc(Br)cc2c(O)c1C(c1ccc(Oc2ccccc2)cc1)c1c(O)c2cc(Br)ccc2oc1=O. The number of aromatic hydroxyl groups is 2. The lowest BCUT2D eigenvalue weighted by Gasteiger charge is -2.20. The van der Waals surface area contributed by atoms with Crippen molar-refractivity contribution < 1.29 is 23.8 Å². The third-order valence-corrected chi connectivity index (χ3v) is 7.51. The summed E-state index contributed by atoms with van der Waals surface area (Å²) >= 11 is 6.75. The van der Waals surface area contributed by atoms with Crippen LogP contribution in [0.15, 0.2) is 118 Å². The number of benzene rings is 4. The van der Waals surface area contributed by atoms with Gasteiger partial charge in [0.1, 0.15) is 34.2 Å². The van der Waals surface area contributed by atoms with Gasteiger partial charge in [-0.2, -0.15) is 0 Å². The van der Waals surface area contributed by atoms with Crippen LogP contribution >= 0.6 is 31.9 Å². The molecule has 0 radical (unpaired) electrons. The number of hydrogen-bond donors (Lipinski definition) is 2. The van der Waals surface area contributed by atoms with Gasteiger partial charge in [0, 0.05) is 8.95 Å². The number of para-hydroxylation sites is 1. The zero-order valence-electron chi connectivity index (χ0n) is 20.4. The fraction of sp³-hybridized carbons (Fsp3) is 0.0323. The Bertz CT molecular complexity index is 1910. The minimum Gasteiger partial charge on any atom is -0.507 e. The van der Waals surface area contributed by atoms with Crippen LogP contribution in [0.2, 0.25) is 0 Å². The molecule has 6 rings (SSSR count). The van der Waals surface area contributed by atoms with Crippen molar-refractivity contribution in [3.8, 4) is 23.0 Å². The van der Waals surface area contributed by atoms with E-state index < -0.39 is 17.2 Å². The molecule has 7 nitrogen and oxygen atoms in total. The van der Waals surface area contributed by atoms with Crippen molar-refractivity contribution in [2.24, 2.45) is 0 Å². The molecule has 40 heavy (non-hydrogen) atoms. The van der Waals surface area contributed by atoms with Gasteiger partial charge >= 0.3 is 11.3 Å². The highest BCUT2D eigenvalue weighted by molar-refractivity contribution is 9.10. The molecule has 2 heterocycles. The summed E-state index contributed by atoms with van der Waals surface area (Å²) in [5.74, 6) is -0.870. The van der Waals surface area contributed by atoms with Crippen LogP contribution in [0.5, 0.6) is 23.0 Å². The Hall–Kier alpha value is -4.34. The van der Waals surface area contributed by atoms with Gasteiger partial charge in [0.2, 0.25) is 0 Å². The van der Waals surface area contributed by atoms with E-state index >= 15 is 0 Å². The van der Waals surface area contributed by atoms with Crippen LogP contribution < -0.4 is 16.0 Å². The van der Waals surface area contributed by atoms with Crippen LogP contribution in [0.3, 0.4) is 0 Å². The summed E-state index contributed by atoms with van der Waals surface area (Å²) in [7, 11) is 0. The topological polar surface area (TPSA) is 110 Å². The second kappa shape index (κ2) is 10.3. The second-order valence-electron chi connectivity index (χ2n) is 9.00. The molecule has 0 aliphatic heterocycles. The predicted molar refractivity (Wildman–Crippen MR) is 158 cm³/mol. The standard InChI is InChI=1S/C31H18Br2O7/c32-17-8-12-23-21(14-17)28(34)26(30(36)39-23)25(16-6-10-20(11-7-16)38-19-4-2-1-3-5-19)27-29(35)22-15-18(33)9-13-24(22)40-31(27)37/h1-15,25,34-35H. The molecule has 0 bridgehead atoms. The van der Waals surface area contributed by atoms with Gasteiger partial charge in [-0.1, -0.05) is 62.2 Å². The molecule has 0 saturated heterocycles. The fourth-order valence-electron chi connectivity index (χ4n) is 4.69. The van der Waals surface area contributed by atoms with Crippen molar-refractivity contribution in [3.05, 3.63) is 137 Å². The van der Waals surface area contributed by atoms with Crippen LogP contribution in [-0.4, -0.2) is 10.2 Å². The van der Waals surface area contributed by atoms with Crippen LogP contribution in [-0.2, 0) is 0 Å². The van der Waals surface area contributed by atoms with Crippen LogP contribution in [0.1, 0.15) is 22.6 Å². The minimum absolute atomic E-state index is 0.165. The molecule has 0 aliphatic carbocycles. The van der Waals surface area contributed by atoms with Gasteiger partial charge in [-0.25, -0.2) is 9.59 Å². The number of hydrogen-bond acceptors (Lipinski definition) is 7. The smallest absolute Gasteiger partial charge is 0.344 e. The molecule has 2 aromatic heterocycles. The van der Waals surface area contributed by atoms with Crippen molar-refractivity contribution in [1.29, 1.82) is 0 Å². The highest BCUT2D eigenvalue weighted by Crippen LogP contribution is 2.43. The van der Waals surface area contributed by atoms with Gasteiger partial charge in [-0.05, 0) is 66.2 Å². The molecule has 4 aromatic carbocycles. The zero-order valence-corrected chi connectivity index (χ0v) is 23.6. The van der Waals surface area contributed by atoms with Crippen LogP contribution in [0.25, 0.3) is 21.9 Å². The van der Waals surface area contributed by atoms with Gasteiger partial charge < -0.3 is 23.8 Å². The lowest BCUT2D eigenvalue weighted by atomic mass is 9.84. The number of halogens is 2. The Balaban J connectivity index is 1.60. The maximum Gasteiger partial charge on any atom is 0.344 e. The zero-order chi connectivity index (χ0) is 28.0. The maximum atomic E-state index is 13.4. The minimum atomic E-state index is -1.25. The number of fused-ring (bicyclic) bond motifs is 2. The van der Waals surface area contributed by atoms with E-state index in [0.717, 1.165) is 0 Å². The Morgan fingerprint density at radius 3 is 1.60 bits per heavy atom. The monoisotopic (exact) mass is 660 g/mol. The van der Waals surface area contributed by atoms with E-state index in [4.69, 9.17) is 13.6 Å². The summed E-state index contributed by atoms with van der Waals surface area (Å²) in [6, 6.07) is 25.5. The number of rotatable bonds is 5. The first-order valence-electron chi connectivity index (χ1n) is 12.0. The molecule has 0 saturated carbocycles. The van der Waals surface area contributed by atoms with E-state index in [1.807, 2.05) is 30.3 Å². The lowest BCUT2D eigenvalue weighted by molar-refractivity contribution is 0.441. The molecule has 6 aromatic rings. The first-order valence-corrected chi connectivity index (χ1v) is 13.6. The Labute approximate surface area is 243 Å². The van der Waals surface area contributed by atoms with Crippen molar-refractivity contribution in [2.45, 2.75) is 5.92 Å². The summed E-state index contributed by atoms with van der Waals surface area (Å²) in [5, 5.41) is 23.3. The van der Waals surface area contributed by atoms with E-state index in [2.05, 4.69) is 31.9 Å². The molecule has 0 fully saturated rings. The molecule has 0 amide bonds. The van der Waals surface area contributed by atoms with Gasteiger partial charge in [0.05, 0.1) is 27.8 Å². The predicted octanol–water partition coefficient (Wildman–Crippen LogP) is 7.81. The third-order valence-electron chi connectivity index (χ3n) is 6.52. The van der Waals surface area contributed by atoms with Gasteiger partial charge in [0.15, 0.2) is 0 Å². The normalized spacial score (nSPS) is 11.4. The molecule has 0 aliphatic rings. The summed E-state index contributed by atoms with van der Waals surface area (Å²) in [6.45, 7) is 0. The Morgan fingerprint density at radius 1 is 0.625 bits per heavy atom. The first kappa shape index (κ1) is 25.9. The molecule has 0 spiro atoms. The molecule has 9 heteroatoms. The quantitative estimate of drug-likeness (QED) is 0.181. The van der Waals surface area contributed by atoms with Crippen molar-refractivity contribution in [2.75, 3.05) is 0 Å². The van der Waals surface area contributed by atoms with E-state index in [-0.39, 0.29) is 44.6 Å². The molecular weight excluding hydrogens is 644 g/mol. The Morgan fingerprint density at radius 2 is 1.10 bits per heavy atom. The average molecular weight is 662 g/mol. The van der Waals surface area contributed by atoms with Gasteiger partial charge in [0.25, 0.3) is 0 Å². The largest absolute Gasteiger partial charge is 0.507 e. The van der Waals surface area contributed by atoms with Crippen molar-refractivity contribution in [3.63, 3.8) is 0 Å². The summed E-state index contributed by atoms with van der Waals surface area (Å²) in [6.07, 6.45) is 0. The van der Waals surface area contributed by atoms with Crippen LogP contribution in [0, 0.1) is 0 Å². The lowest BCUT2D eigenvalue weighted by Crippen LogP contribution is -2.21. The van der Waals surface area contributed by atoms with E-state index in [0.29, 0.717) is 26.0 Å². The highest BCUT2D eigenvalue weighted by atomic mass is 79.9. The first-order chi connectivity index (χ1) is 19.3. The average Bonchev–Trinajstić information content (AvgIpc) is 2.94. The molecule has 198 valence electrons. The molecule has 0 atom stereocenters. The van der Waals surface area contributed by atoms with Crippen molar-refractivity contribution in [1.82, 2.24) is 0 Å². The number of ether oxygens (including phenoxy) is 1. The van der Waals surface area contributed by atoms with E-state index in [1.54, 1.807) is 60.7 Å². The van der Waals surface area contributed by atoms with E-state index in [1.165, 1.54) is 0 Å². The second-order valence-corrected chi connectivity index (χ2v) is 10.8. The Kier molecular flexibility index (Phi) is 6.69. The van der Waals surface area contributed by atoms with Crippen molar-refractivity contribution >= 4 is 53.8 Å². The summed E-state index contributed by atoms with van der Waals surface area (Å²) in [4.78, 5) is 26.8. The third kappa shape index (κ3) is 4.67. The van der Waals surface area contributed by atoms with Gasteiger partial charge in [-0.15, -0.1) is 0 Å². The maximum absolute atomic E-state index is 13.4. The molecule has 0 unspecified atom stereocenters. The molecule has 2 N–H and O–H groups in total. The fourth-order valence-corrected chi connectivity index (χ4v) is 5.41. The van der Waals surface area contributed by atoms with Gasteiger partial charge in [-0.3, -0.25) is 0 Å². The molecular formula is C31H18Br2O7. The summed E-state index contributed by atoms with van der Waals surface area (Å²) in [5.41, 5.74) is -1.44.